The Kier molecular flexibility index (Phi) is 7.19. The smallest absolute Gasteiger partial charge is 0.236 e. The largest absolute Gasteiger partial charge is 0.381 e. The normalized spacial score (nSPS) is 24.7. The molecule has 3 heterocycles. The Bertz CT molecular complexity index is 719. The summed E-state index contributed by atoms with van der Waals surface area (Å²) in [6.45, 7) is 6.73. The lowest BCUT2D eigenvalue weighted by atomic mass is 9.72. The Balaban J connectivity index is 0.00000240. The summed E-state index contributed by atoms with van der Waals surface area (Å²) in [4.78, 5) is 30.2. The van der Waals surface area contributed by atoms with Crippen LogP contribution < -0.4 is 5.32 Å². The first-order valence-corrected chi connectivity index (χ1v) is 10.5. The van der Waals surface area contributed by atoms with Crippen LogP contribution in [0.4, 0.5) is 0 Å². The van der Waals surface area contributed by atoms with E-state index in [0.29, 0.717) is 26.3 Å². The maximum Gasteiger partial charge on any atom is 0.236 e. The molecule has 0 radical (unpaired) electrons. The zero-order valence-electron chi connectivity index (χ0n) is 17.2. The number of piperazine rings is 1. The van der Waals surface area contributed by atoms with Crippen molar-refractivity contribution in [3.05, 3.63) is 35.4 Å². The van der Waals surface area contributed by atoms with Crippen molar-refractivity contribution in [3.8, 4) is 0 Å². The first-order valence-electron chi connectivity index (χ1n) is 10.5. The first-order chi connectivity index (χ1) is 13.6. The molecule has 3 saturated heterocycles. The fourth-order valence-corrected chi connectivity index (χ4v) is 4.92. The summed E-state index contributed by atoms with van der Waals surface area (Å²) in [6, 6.07) is 8.55. The van der Waals surface area contributed by atoms with Crippen molar-refractivity contribution in [2.45, 2.75) is 44.1 Å². The molecule has 7 heteroatoms. The number of carbonyl (C=O) groups excluding carboxylic acids is 2. The molecule has 2 amide bonds. The molecule has 1 atom stereocenters. The molecule has 1 unspecified atom stereocenters. The standard InChI is InChI=1S/C22H31N3O3.ClH/c1-17-4-6-18(7-5-17)22(8-13-28-14-9-22)21(27)24-11-2-3-19(16-24)25-12-10-23-15-20(25)26;/h4-7,19,23H,2-3,8-16H2,1H3;1H. The van der Waals surface area contributed by atoms with Crippen molar-refractivity contribution in [1.82, 2.24) is 15.1 Å². The molecule has 0 bridgehead atoms. The summed E-state index contributed by atoms with van der Waals surface area (Å²) in [5.41, 5.74) is 1.81. The molecule has 4 rings (SSSR count). The van der Waals surface area contributed by atoms with Crippen LogP contribution in [0.3, 0.4) is 0 Å². The fourth-order valence-electron chi connectivity index (χ4n) is 4.92. The average Bonchev–Trinajstić information content (AvgIpc) is 2.74. The third-order valence-corrected chi connectivity index (χ3v) is 6.61. The zero-order valence-corrected chi connectivity index (χ0v) is 18.0. The summed E-state index contributed by atoms with van der Waals surface area (Å²) < 4.78 is 5.61. The molecule has 0 spiro atoms. The van der Waals surface area contributed by atoms with E-state index in [2.05, 4.69) is 36.5 Å². The third-order valence-electron chi connectivity index (χ3n) is 6.61. The van der Waals surface area contributed by atoms with Crippen molar-refractivity contribution < 1.29 is 14.3 Å². The lowest BCUT2D eigenvalue weighted by molar-refractivity contribution is -0.146. The van der Waals surface area contributed by atoms with Crippen LogP contribution in [0.25, 0.3) is 0 Å². The van der Waals surface area contributed by atoms with Gasteiger partial charge < -0.3 is 19.9 Å². The van der Waals surface area contributed by atoms with E-state index in [-0.39, 0.29) is 30.3 Å². The van der Waals surface area contributed by atoms with Gasteiger partial charge >= 0.3 is 0 Å². The molecule has 3 aliphatic rings. The van der Waals surface area contributed by atoms with Gasteiger partial charge in [0.2, 0.25) is 11.8 Å². The molecule has 0 aliphatic carbocycles. The molecular formula is C22H32ClN3O3. The van der Waals surface area contributed by atoms with E-state index in [1.165, 1.54) is 5.56 Å². The van der Waals surface area contributed by atoms with Gasteiger partial charge in [-0.05, 0) is 38.2 Å². The number of carbonyl (C=O) groups is 2. The molecule has 0 aromatic heterocycles. The van der Waals surface area contributed by atoms with Crippen LogP contribution in [0, 0.1) is 6.92 Å². The van der Waals surface area contributed by atoms with E-state index < -0.39 is 5.41 Å². The van der Waals surface area contributed by atoms with Gasteiger partial charge in [0.05, 0.1) is 12.0 Å². The SMILES string of the molecule is Cc1ccc(C2(C(=O)N3CCCC(N4CCNCC4=O)C3)CCOCC2)cc1.Cl. The fraction of sp³-hybridized carbons (Fsp3) is 0.636. The number of benzene rings is 1. The first kappa shape index (κ1) is 22.1. The summed E-state index contributed by atoms with van der Waals surface area (Å²) in [6.07, 6.45) is 3.38. The van der Waals surface area contributed by atoms with Crippen LogP contribution in [-0.4, -0.2) is 73.6 Å². The van der Waals surface area contributed by atoms with Gasteiger partial charge in [0.15, 0.2) is 0 Å². The highest BCUT2D eigenvalue weighted by molar-refractivity contribution is 5.89. The van der Waals surface area contributed by atoms with Crippen LogP contribution in [0.1, 0.15) is 36.8 Å². The number of hydrogen-bond acceptors (Lipinski definition) is 4. The Morgan fingerprint density at radius 2 is 1.90 bits per heavy atom. The van der Waals surface area contributed by atoms with Crippen LogP contribution in [0.5, 0.6) is 0 Å². The average molecular weight is 422 g/mol. The topological polar surface area (TPSA) is 61.9 Å². The lowest BCUT2D eigenvalue weighted by Gasteiger charge is -2.45. The van der Waals surface area contributed by atoms with Gasteiger partial charge in [0.1, 0.15) is 0 Å². The van der Waals surface area contributed by atoms with E-state index in [0.717, 1.165) is 50.9 Å². The monoisotopic (exact) mass is 421 g/mol. The van der Waals surface area contributed by atoms with Crippen molar-refractivity contribution in [1.29, 1.82) is 0 Å². The van der Waals surface area contributed by atoms with E-state index in [1.807, 2.05) is 9.80 Å². The van der Waals surface area contributed by atoms with E-state index in [9.17, 15) is 9.59 Å². The van der Waals surface area contributed by atoms with Gasteiger partial charge in [-0.3, -0.25) is 9.59 Å². The number of halogens is 1. The predicted octanol–water partition coefficient (Wildman–Crippen LogP) is 1.89. The molecule has 0 saturated carbocycles. The van der Waals surface area contributed by atoms with Crippen LogP contribution in [0.2, 0.25) is 0 Å². The van der Waals surface area contributed by atoms with Gasteiger partial charge in [0.25, 0.3) is 0 Å². The van der Waals surface area contributed by atoms with Crippen molar-refractivity contribution in [2.75, 3.05) is 45.9 Å². The Hall–Kier alpha value is -1.63. The summed E-state index contributed by atoms with van der Waals surface area (Å²) >= 11 is 0. The maximum atomic E-state index is 13.8. The minimum Gasteiger partial charge on any atom is -0.381 e. The Morgan fingerprint density at radius 3 is 2.59 bits per heavy atom. The number of hydrogen-bond donors (Lipinski definition) is 1. The van der Waals surface area contributed by atoms with Crippen molar-refractivity contribution in [2.24, 2.45) is 0 Å². The van der Waals surface area contributed by atoms with Gasteiger partial charge in [-0.1, -0.05) is 29.8 Å². The lowest BCUT2D eigenvalue weighted by Crippen LogP contribution is -2.59. The van der Waals surface area contributed by atoms with Gasteiger partial charge in [-0.2, -0.15) is 0 Å². The molecule has 1 aromatic carbocycles. The number of ether oxygens (including phenoxy) is 1. The predicted molar refractivity (Wildman–Crippen MR) is 114 cm³/mol. The molecule has 160 valence electrons. The Labute approximate surface area is 179 Å². The number of likely N-dealkylation sites (tertiary alicyclic amines) is 1. The second-order valence-corrected chi connectivity index (χ2v) is 8.37. The van der Waals surface area contributed by atoms with Gasteiger partial charge in [-0.25, -0.2) is 0 Å². The minimum absolute atomic E-state index is 0. The highest BCUT2D eigenvalue weighted by atomic mass is 35.5. The van der Waals surface area contributed by atoms with Crippen LogP contribution in [-0.2, 0) is 19.7 Å². The van der Waals surface area contributed by atoms with E-state index in [1.54, 1.807) is 0 Å². The molecule has 3 fully saturated rings. The number of amides is 2. The highest BCUT2D eigenvalue weighted by Crippen LogP contribution is 2.38. The van der Waals surface area contributed by atoms with Crippen LogP contribution >= 0.6 is 12.4 Å². The van der Waals surface area contributed by atoms with E-state index >= 15 is 0 Å². The van der Waals surface area contributed by atoms with Crippen LogP contribution in [0.15, 0.2) is 24.3 Å². The molecule has 29 heavy (non-hydrogen) atoms. The van der Waals surface area contributed by atoms with Crippen molar-refractivity contribution in [3.63, 3.8) is 0 Å². The van der Waals surface area contributed by atoms with Gasteiger partial charge in [0, 0.05) is 45.4 Å². The zero-order chi connectivity index (χ0) is 19.6. The van der Waals surface area contributed by atoms with Gasteiger partial charge in [-0.15, -0.1) is 12.4 Å². The van der Waals surface area contributed by atoms with E-state index in [4.69, 9.17) is 4.74 Å². The quantitative estimate of drug-likeness (QED) is 0.809. The number of aryl methyl sites for hydroxylation is 1. The summed E-state index contributed by atoms with van der Waals surface area (Å²) in [7, 11) is 0. The minimum atomic E-state index is -0.499. The number of piperidine rings is 1. The second-order valence-electron chi connectivity index (χ2n) is 8.37. The Morgan fingerprint density at radius 1 is 1.17 bits per heavy atom. The molecular weight excluding hydrogens is 390 g/mol. The van der Waals surface area contributed by atoms with Crippen molar-refractivity contribution >= 4 is 24.2 Å². The summed E-state index contributed by atoms with van der Waals surface area (Å²) in [5.74, 6) is 0.372. The highest BCUT2D eigenvalue weighted by Gasteiger charge is 2.45. The molecule has 1 N–H and O–H groups in total. The number of nitrogens with one attached hydrogen (secondary N) is 1. The second kappa shape index (κ2) is 9.45. The third kappa shape index (κ3) is 4.44. The molecule has 3 aliphatic heterocycles. The molecule has 6 nitrogen and oxygen atoms in total. The number of rotatable bonds is 3. The number of nitrogens with zero attached hydrogens (tertiary/aromatic N) is 2. The maximum absolute atomic E-state index is 13.8. The summed E-state index contributed by atoms with van der Waals surface area (Å²) in [5, 5.41) is 3.14. The molecule has 1 aromatic rings.